The standard InChI is InChI=1S/C18H20N4O/c1-3-17(22-11-5-10-20-22)18(23)21(2)13-14-7-8-16-15(12-14)6-4-9-19-16/h4-12,17H,3,13H2,1-2H3. The third-order valence-corrected chi connectivity index (χ3v) is 3.98. The molecule has 0 aliphatic rings. The summed E-state index contributed by atoms with van der Waals surface area (Å²) in [6.45, 7) is 2.57. The van der Waals surface area contributed by atoms with Gasteiger partial charge in [0, 0.05) is 37.6 Å². The van der Waals surface area contributed by atoms with Crippen molar-refractivity contribution in [3.63, 3.8) is 0 Å². The van der Waals surface area contributed by atoms with E-state index < -0.39 is 0 Å². The molecule has 1 unspecified atom stereocenters. The molecule has 0 radical (unpaired) electrons. The van der Waals surface area contributed by atoms with E-state index in [0.29, 0.717) is 13.0 Å². The zero-order valence-corrected chi connectivity index (χ0v) is 13.4. The highest BCUT2D eigenvalue weighted by atomic mass is 16.2. The van der Waals surface area contributed by atoms with Gasteiger partial charge in [0.2, 0.25) is 5.91 Å². The molecule has 23 heavy (non-hydrogen) atoms. The Morgan fingerprint density at radius 2 is 2.13 bits per heavy atom. The summed E-state index contributed by atoms with van der Waals surface area (Å²) in [6.07, 6.45) is 6.04. The molecule has 0 saturated carbocycles. The van der Waals surface area contributed by atoms with E-state index in [4.69, 9.17) is 0 Å². The molecule has 0 bridgehead atoms. The van der Waals surface area contributed by atoms with Crippen molar-refractivity contribution < 1.29 is 4.79 Å². The average molecular weight is 308 g/mol. The molecule has 3 aromatic rings. The molecule has 0 saturated heterocycles. The summed E-state index contributed by atoms with van der Waals surface area (Å²) in [5.41, 5.74) is 2.06. The first kappa shape index (κ1) is 15.2. The lowest BCUT2D eigenvalue weighted by atomic mass is 10.1. The van der Waals surface area contributed by atoms with Crippen molar-refractivity contribution in [1.82, 2.24) is 19.7 Å². The lowest BCUT2D eigenvalue weighted by Gasteiger charge is -2.23. The highest BCUT2D eigenvalue weighted by molar-refractivity contribution is 5.81. The van der Waals surface area contributed by atoms with Crippen LogP contribution in [-0.2, 0) is 11.3 Å². The number of carbonyl (C=O) groups is 1. The van der Waals surface area contributed by atoms with E-state index in [-0.39, 0.29) is 11.9 Å². The third kappa shape index (κ3) is 3.23. The molecule has 5 nitrogen and oxygen atoms in total. The Morgan fingerprint density at radius 3 is 2.87 bits per heavy atom. The molecule has 5 heteroatoms. The second-order valence-electron chi connectivity index (χ2n) is 5.63. The van der Waals surface area contributed by atoms with Gasteiger partial charge in [-0.25, -0.2) is 0 Å². The number of hydrogen-bond donors (Lipinski definition) is 0. The van der Waals surface area contributed by atoms with Gasteiger partial charge in [-0.05, 0) is 36.2 Å². The van der Waals surface area contributed by atoms with E-state index >= 15 is 0 Å². The topological polar surface area (TPSA) is 51.0 Å². The van der Waals surface area contributed by atoms with Crippen LogP contribution >= 0.6 is 0 Å². The average Bonchev–Trinajstić information content (AvgIpc) is 3.09. The van der Waals surface area contributed by atoms with Gasteiger partial charge in [0.15, 0.2) is 0 Å². The summed E-state index contributed by atoms with van der Waals surface area (Å²) >= 11 is 0. The number of fused-ring (bicyclic) bond motifs is 1. The Labute approximate surface area is 135 Å². The van der Waals surface area contributed by atoms with Gasteiger partial charge in [-0.3, -0.25) is 14.5 Å². The fraction of sp³-hybridized carbons (Fsp3) is 0.278. The number of likely N-dealkylation sites (N-methyl/N-ethyl adjacent to an activating group) is 1. The lowest BCUT2D eigenvalue weighted by Crippen LogP contribution is -2.34. The lowest BCUT2D eigenvalue weighted by molar-refractivity contribution is -0.134. The van der Waals surface area contributed by atoms with Crippen molar-refractivity contribution in [2.45, 2.75) is 25.9 Å². The fourth-order valence-electron chi connectivity index (χ4n) is 2.77. The minimum Gasteiger partial charge on any atom is -0.340 e. The monoisotopic (exact) mass is 308 g/mol. The zero-order valence-electron chi connectivity index (χ0n) is 13.4. The Bertz CT molecular complexity index is 798. The minimum absolute atomic E-state index is 0.0717. The van der Waals surface area contributed by atoms with Crippen LogP contribution in [0.1, 0.15) is 24.9 Å². The highest BCUT2D eigenvalue weighted by Crippen LogP contribution is 2.17. The fourth-order valence-corrected chi connectivity index (χ4v) is 2.77. The van der Waals surface area contributed by atoms with Crippen molar-refractivity contribution in [1.29, 1.82) is 0 Å². The number of amides is 1. The first-order valence-corrected chi connectivity index (χ1v) is 7.77. The Morgan fingerprint density at radius 1 is 1.26 bits per heavy atom. The number of carbonyl (C=O) groups excluding carboxylic acids is 1. The molecule has 1 aromatic carbocycles. The van der Waals surface area contributed by atoms with E-state index in [9.17, 15) is 4.79 Å². The molecule has 0 fully saturated rings. The highest BCUT2D eigenvalue weighted by Gasteiger charge is 2.22. The van der Waals surface area contributed by atoms with Crippen molar-refractivity contribution in [3.8, 4) is 0 Å². The van der Waals surface area contributed by atoms with Gasteiger partial charge in [-0.2, -0.15) is 5.10 Å². The first-order chi connectivity index (χ1) is 11.2. The molecule has 118 valence electrons. The smallest absolute Gasteiger partial charge is 0.247 e. The van der Waals surface area contributed by atoms with Crippen molar-refractivity contribution in [2.24, 2.45) is 0 Å². The van der Waals surface area contributed by atoms with Gasteiger partial charge >= 0.3 is 0 Å². The van der Waals surface area contributed by atoms with E-state index in [1.54, 1.807) is 22.0 Å². The molecule has 1 amide bonds. The van der Waals surface area contributed by atoms with Crippen LogP contribution < -0.4 is 0 Å². The van der Waals surface area contributed by atoms with E-state index in [0.717, 1.165) is 16.5 Å². The molecule has 2 heterocycles. The first-order valence-electron chi connectivity index (χ1n) is 7.77. The number of hydrogen-bond acceptors (Lipinski definition) is 3. The summed E-state index contributed by atoms with van der Waals surface area (Å²) < 4.78 is 1.73. The van der Waals surface area contributed by atoms with Crippen LogP contribution in [0.4, 0.5) is 0 Å². The second kappa shape index (κ2) is 6.60. The predicted molar refractivity (Wildman–Crippen MR) is 89.8 cm³/mol. The van der Waals surface area contributed by atoms with Crippen LogP contribution in [0.3, 0.4) is 0 Å². The summed E-state index contributed by atoms with van der Waals surface area (Å²) in [5.74, 6) is 0.0717. The molecule has 0 spiro atoms. The number of aromatic nitrogens is 3. The summed E-state index contributed by atoms with van der Waals surface area (Å²) in [4.78, 5) is 18.8. The number of nitrogens with zero attached hydrogens (tertiary/aromatic N) is 4. The maximum Gasteiger partial charge on any atom is 0.247 e. The maximum atomic E-state index is 12.7. The third-order valence-electron chi connectivity index (χ3n) is 3.98. The van der Waals surface area contributed by atoms with E-state index in [1.165, 1.54) is 0 Å². The molecule has 3 rings (SSSR count). The maximum absolute atomic E-state index is 12.7. The molecular weight excluding hydrogens is 288 g/mol. The summed E-state index contributed by atoms with van der Waals surface area (Å²) in [7, 11) is 1.84. The van der Waals surface area contributed by atoms with Gasteiger partial charge < -0.3 is 4.90 Å². The largest absolute Gasteiger partial charge is 0.340 e. The summed E-state index contributed by atoms with van der Waals surface area (Å²) in [6, 6.07) is 11.6. The van der Waals surface area contributed by atoms with E-state index in [1.807, 2.05) is 50.5 Å². The second-order valence-corrected chi connectivity index (χ2v) is 5.63. The zero-order chi connectivity index (χ0) is 16.2. The van der Waals surface area contributed by atoms with Gasteiger partial charge in [0.05, 0.1) is 5.52 Å². The number of benzene rings is 1. The van der Waals surface area contributed by atoms with Crippen molar-refractivity contribution in [3.05, 3.63) is 60.6 Å². The summed E-state index contributed by atoms with van der Waals surface area (Å²) in [5, 5.41) is 5.29. The van der Waals surface area contributed by atoms with Gasteiger partial charge in [-0.15, -0.1) is 0 Å². The molecule has 0 aliphatic carbocycles. The van der Waals surface area contributed by atoms with Crippen LogP contribution in [0.15, 0.2) is 55.0 Å². The normalized spacial score (nSPS) is 12.3. The van der Waals surface area contributed by atoms with Crippen molar-refractivity contribution in [2.75, 3.05) is 7.05 Å². The van der Waals surface area contributed by atoms with Crippen LogP contribution in [-0.4, -0.2) is 32.6 Å². The quantitative estimate of drug-likeness (QED) is 0.728. The predicted octanol–water partition coefficient (Wildman–Crippen LogP) is 3.04. The van der Waals surface area contributed by atoms with E-state index in [2.05, 4.69) is 16.1 Å². The Kier molecular flexibility index (Phi) is 4.37. The number of rotatable bonds is 5. The van der Waals surface area contributed by atoms with Gasteiger partial charge in [-0.1, -0.05) is 19.1 Å². The van der Waals surface area contributed by atoms with Crippen LogP contribution in [0.5, 0.6) is 0 Å². The molecule has 0 aliphatic heterocycles. The molecule has 2 aromatic heterocycles. The Balaban J connectivity index is 1.76. The van der Waals surface area contributed by atoms with Crippen molar-refractivity contribution >= 4 is 16.8 Å². The molecule has 0 N–H and O–H groups in total. The Hall–Kier alpha value is -2.69. The SMILES string of the molecule is CCC(C(=O)N(C)Cc1ccc2ncccc2c1)n1cccn1. The van der Waals surface area contributed by atoms with Crippen LogP contribution in [0.2, 0.25) is 0 Å². The van der Waals surface area contributed by atoms with Gasteiger partial charge in [0.25, 0.3) is 0 Å². The minimum atomic E-state index is -0.253. The number of pyridine rings is 1. The van der Waals surface area contributed by atoms with Crippen LogP contribution in [0, 0.1) is 0 Å². The molecular formula is C18H20N4O. The van der Waals surface area contributed by atoms with Gasteiger partial charge in [0.1, 0.15) is 6.04 Å². The molecule has 1 atom stereocenters. The van der Waals surface area contributed by atoms with Crippen LogP contribution in [0.25, 0.3) is 10.9 Å².